The first-order valence-corrected chi connectivity index (χ1v) is 7.19. The molecule has 6 nitrogen and oxygen atoms in total. The Bertz CT molecular complexity index is 511. The summed E-state index contributed by atoms with van der Waals surface area (Å²) in [5, 5.41) is 14.5. The van der Waals surface area contributed by atoms with E-state index in [9.17, 15) is 10.1 Å². The molecular weight excluding hydrogens is 270 g/mol. The molecule has 1 aliphatic heterocycles. The zero-order valence-corrected chi connectivity index (χ0v) is 12.9. The van der Waals surface area contributed by atoms with Gasteiger partial charge in [0.2, 0.25) is 0 Å². The fourth-order valence-electron chi connectivity index (χ4n) is 2.82. The van der Waals surface area contributed by atoms with Crippen molar-refractivity contribution in [1.29, 1.82) is 0 Å². The number of rotatable bonds is 5. The van der Waals surface area contributed by atoms with Crippen molar-refractivity contribution in [2.24, 2.45) is 0 Å². The van der Waals surface area contributed by atoms with Crippen molar-refractivity contribution in [1.82, 2.24) is 4.90 Å². The standard InChI is InChI=1S/C15H23N3O3/c1-12-5-4-6-13(18(19)20)14(12)16-11-15(17(2)3)7-9-21-10-8-15/h4-6,16H,7-11H2,1-3H3. The molecule has 1 N–H and O–H groups in total. The van der Waals surface area contributed by atoms with Crippen LogP contribution in [0, 0.1) is 17.0 Å². The molecule has 21 heavy (non-hydrogen) atoms. The number of nitrogens with one attached hydrogen (secondary N) is 1. The van der Waals surface area contributed by atoms with Crippen molar-refractivity contribution in [3.05, 3.63) is 33.9 Å². The first-order chi connectivity index (χ1) is 9.96. The molecule has 0 amide bonds. The van der Waals surface area contributed by atoms with Crippen LogP contribution in [0.1, 0.15) is 18.4 Å². The van der Waals surface area contributed by atoms with E-state index in [4.69, 9.17) is 4.74 Å². The first kappa shape index (κ1) is 15.7. The topological polar surface area (TPSA) is 67.6 Å². The molecule has 0 unspecified atom stereocenters. The lowest BCUT2D eigenvalue weighted by molar-refractivity contribution is -0.384. The monoisotopic (exact) mass is 293 g/mol. The Labute approximate surface area is 125 Å². The Morgan fingerprint density at radius 1 is 1.38 bits per heavy atom. The van der Waals surface area contributed by atoms with Crippen LogP contribution in [0.5, 0.6) is 0 Å². The highest BCUT2D eigenvalue weighted by Crippen LogP contribution is 2.31. The largest absolute Gasteiger partial charge is 0.381 e. The number of benzene rings is 1. The van der Waals surface area contributed by atoms with Gasteiger partial charge in [-0.3, -0.25) is 10.1 Å². The van der Waals surface area contributed by atoms with Crippen LogP contribution in [0.4, 0.5) is 11.4 Å². The highest BCUT2D eigenvalue weighted by atomic mass is 16.6. The van der Waals surface area contributed by atoms with E-state index in [0.29, 0.717) is 12.2 Å². The highest BCUT2D eigenvalue weighted by Gasteiger charge is 2.35. The maximum Gasteiger partial charge on any atom is 0.292 e. The Balaban J connectivity index is 2.20. The maximum absolute atomic E-state index is 11.2. The molecule has 1 aromatic carbocycles. The van der Waals surface area contributed by atoms with E-state index >= 15 is 0 Å². The Kier molecular flexibility index (Phi) is 4.80. The van der Waals surface area contributed by atoms with Crippen molar-refractivity contribution in [3.8, 4) is 0 Å². The minimum Gasteiger partial charge on any atom is -0.381 e. The number of ether oxygens (including phenoxy) is 1. The molecule has 1 aliphatic rings. The van der Waals surface area contributed by atoms with Gasteiger partial charge in [-0.05, 0) is 39.4 Å². The lowest BCUT2D eigenvalue weighted by atomic mass is 9.88. The molecule has 1 heterocycles. The number of likely N-dealkylation sites (N-methyl/N-ethyl adjacent to an activating group) is 1. The molecule has 0 aliphatic carbocycles. The van der Waals surface area contributed by atoms with Gasteiger partial charge < -0.3 is 15.0 Å². The molecule has 0 radical (unpaired) electrons. The Hall–Kier alpha value is -1.66. The van der Waals surface area contributed by atoms with Crippen LogP contribution in [0.3, 0.4) is 0 Å². The van der Waals surface area contributed by atoms with Crippen LogP contribution in [0.2, 0.25) is 0 Å². The molecule has 2 rings (SSSR count). The first-order valence-electron chi connectivity index (χ1n) is 7.19. The number of hydrogen-bond donors (Lipinski definition) is 1. The SMILES string of the molecule is Cc1cccc([N+](=O)[O-])c1NCC1(N(C)C)CCOCC1. The van der Waals surface area contributed by atoms with Crippen LogP contribution in [0.15, 0.2) is 18.2 Å². The molecule has 1 saturated heterocycles. The van der Waals surface area contributed by atoms with Gasteiger partial charge in [0.1, 0.15) is 5.69 Å². The summed E-state index contributed by atoms with van der Waals surface area (Å²) in [7, 11) is 4.11. The van der Waals surface area contributed by atoms with Crippen molar-refractivity contribution in [2.75, 3.05) is 39.2 Å². The second-order valence-corrected chi connectivity index (χ2v) is 5.81. The molecule has 0 atom stereocenters. The number of aryl methyl sites for hydroxylation is 1. The van der Waals surface area contributed by atoms with E-state index in [2.05, 4.69) is 24.3 Å². The summed E-state index contributed by atoms with van der Waals surface area (Å²) >= 11 is 0. The molecule has 0 spiro atoms. The lowest BCUT2D eigenvalue weighted by Gasteiger charge is -2.43. The molecule has 116 valence electrons. The van der Waals surface area contributed by atoms with Crippen LogP contribution in [0.25, 0.3) is 0 Å². The van der Waals surface area contributed by atoms with E-state index < -0.39 is 0 Å². The van der Waals surface area contributed by atoms with Crippen LogP contribution in [-0.4, -0.2) is 49.2 Å². The second-order valence-electron chi connectivity index (χ2n) is 5.81. The minimum atomic E-state index is -0.332. The Morgan fingerprint density at radius 3 is 2.62 bits per heavy atom. The third kappa shape index (κ3) is 3.33. The summed E-state index contributed by atoms with van der Waals surface area (Å²) in [6.07, 6.45) is 1.85. The predicted octanol–water partition coefficient (Wildman–Crippen LogP) is 2.43. The number of nitro groups is 1. The summed E-state index contributed by atoms with van der Waals surface area (Å²) in [5.41, 5.74) is 1.63. The van der Waals surface area contributed by atoms with Gasteiger partial charge in [-0.25, -0.2) is 0 Å². The van der Waals surface area contributed by atoms with Crippen LogP contribution >= 0.6 is 0 Å². The van der Waals surface area contributed by atoms with Gasteiger partial charge in [0.25, 0.3) is 5.69 Å². The molecule has 0 aromatic heterocycles. The number of anilines is 1. The van der Waals surface area contributed by atoms with Gasteiger partial charge in [0.05, 0.1) is 4.92 Å². The molecular formula is C15H23N3O3. The number of para-hydroxylation sites is 1. The maximum atomic E-state index is 11.2. The summed E-state index contributed by atoms with van der Waals surface area (Å²) in [6.45, 7) is 4.03. The minimum absolute atomic E-state index is 0.0194. The normalized spacial score (nSPS) is 17.7. The van der Waals surface area contributed by atoms with Gasteiger partial charge in [0.15, 0.2) is 0 Å². The summed E-state index contributed by atoms with van der Waals surface area (Å²) in [6, 6.07) is 5.15. The van der Waals surface area contributed by atoms with Crippen molar-refractivity contribution in [2.45, 2.75) is 25.3 Å². The van der Waals surface area contributed by atoms with Crippen molar-refractivity contribution < 1.29 is 9.66 Å². The van der Waals surface area contributed by atoms with Gasteiger partial charge in [-0.2, -0.15) is 0 Å². The average molecular weight is 293 g/mol. The van der Waals surface area contributed by atoms with E-state index in [1.54, 1.807) is 12.1 Å². The lowest BCUT2D eigenvalue weighted by Crippen LogP contribution is -2.53. The van der Waals surface area contributed by atoms with Gasteiger partial charge in [-0.15, -0.1) is 0 Å². The van der Waals surface area contributed by atoms with Crippen LogP contribution < -0.4 is 5.32 Å². The van der Waals surface area contributed by atoms with Crippen LogP contribution in [-0.2, 0) is 4.74 Å². The smallest absolute Gasteiger partial charge is 0.292 e. The summed E-state index contributed by atoms with van der Waals surface area (Å²) < 4.78 is 5.45. The molecule has 0 bridgehead atoms. The predicted molar refractivity (Wildman–Crippen MR) is 82.8 cm³/mol. The number of hydrogen-bond acceptors (Lipinski definition) is 5. The van der Waals surface area contributed by atoms with Crippen molar-refractivity contribution >= 4 is 11.4 Å². The van der Waals surface area contributed by atoms with Gasteiger partial charge in [-0.1, -0.05) is 12.1 Å². The number of nitrogens with zero attached hydrogens (tertiary/aromatic N) is 2. The third-order valence-corrected chi connectivity index (χ3v) is 4.41. The van der Waals surface area contributed by atoms with E-state index in [1.165, 1.54) is 0 Å². The summed E-state index contributed by atoms with van der Waals surface area (Å²) in [5.74, 6) is 0. The molecule has 1 aromatic rings. The quantitative estimate of drug-likeness (QED) is 0.667. The van der Waals surface area contributed by atoms with E-state index in [-0.39, 0.29) is 16.1 Å². The molecule has 0 saturated carbocycles. The number of nitro benzene ring substituents is 1. The third-order valence-electron chi connectivity index (χ3n) is 4.41. The molecule has 6 heteroatoms. The second kappa shape index (κ2) is 6.41. The fraction of sp³-hybridized carbons (Fsp3) is 0.600. The Morgan fingerprint density at radius 2 is 2.05 bits per heavy atom. The zero-order valence-electron chi connectivity index (χ0n) is 12.9. The van der Waals surface area contributed by atoms with Gasteiger partial charge in [0, 0.05) is 31.4 Å². The van der Waals surface area contributed by atoms with Crippen molar-refractivity contribution in [3.63, 3.8) is 0 Å². The summed E-state index contributed by atoms with van der Waals surface area (Å²) in [4.78, 5) is 13.0. The zero-order chi connectivity index (χ0) is 15.5. The van der Waals surface area contributed by atoms with E-state index in [1.807, 2.05) is 13.0 Å². The average Bonchev–Trinajstić information content (AvgIpc) is 2.46. The van der Waals surface area contributed by atoms with Gasteiger partial charge >= 0.3 is 0 Å². The van der Waals surface area contributed by atoms with E-state index in [0.717, 1.165) is 31.6 Å². The highest BCUT2D eigenvalue weighted by molar-refractivity contribution is 5.66. The fourth-order valence-corrected chi connectivity index (χ4v) is 2.82. The molecule has 1 fully saturated rings.